The summed E-state index contributed by atoms with van der Waals surface area (Å²) in [5.74, 6) is 0. The maximum absolute atomic E-state index is 5.98. The summed E-state index contributed by atoms with van der Waals surface area (Å²) in [6, 6.07) is 14.0. The van der Waals surface area contributed by atoms with E-state index in [4.69, 9.17) is 4.84 Å². The van der Waals surface area contributed by atoms with Crippen molar-refractivity contribution in [3.8, 4) is 0 Å². The Hall–Kier alpha value is -2.24. The van der Waals surface area contributed by atoms with Gasteiger partial charge in [-0.05, 0) is 30.7 Å². The number of nitrogens with zero attached hydrogens (tertiary/aromatic N) is 3. The summed E-state index contributed by atoms with van der Waals surface area (Å²) in [5.41, 5.74) is 3.06. The zero-order valence-electron chi connectivity index (χ0n) is 12.3. The van der Waals surface area contributed by atoms with Crippen LogP contribution in [0.5, 0.6) is 0 Å². The van der Waals surface area contributed by atoms with E-state index in [0.717, 1.165) is 22.0 Å². The standard InChI is InChI=1S/C17H17N3OS/c1-14-19-16(13-22-14)12-21-20(17-7-3-2-4-8-17)11-15-6-5-9-18-10-15/h2-10,13H,11-12H2,1H3. The van der Waals surface area contributed by atoms with E-state index < -0.39 is 0 Å². The molecule has 0 aliphatic heterocycles. The van der Waals surface area contributed by atoms with Gasteiger partial charge in [0.15, 0.2) is 0 Å². The maximum atomic E-state index is 5.98. The van der Waals surface area contributed by atoms with Gasteiger partial charge in [0.25, 0.3) is 0 Å². The van der Waals surface area contributed by atoms with Gasteiger partial charge < -0.3 is 0 Å². The number of pyridine rings is 1. The van der Waals surface area contributed by atoms with Crippen molar-refractivity contribution >= 4 is 17.0 Å². The predicted molar refractivity (Wildman–Crippen MR) is 88.5 cm³/mol. The first-order chi connectivity index (χ1) is 10.8. The fourth-order valence-electron chi connectivity index (χ4n) is 2.08. The molecule has 0 aliphatic carbocycles. The highest BCUT2D eigenvalue weighted by Gasteiger charge is 2.09. The quantitative estimate of drug-likeness (QED) is 0.645. The highest BCUT2D eigenvalue weighted by atomic mass is 32.1. The molecule has 2 aromatic heterocycles. The summed E-state index contributed by atoms with van der Waals surface area (Å²) in [5, 5.41) is 4.96. The van der Waals surface area contributed by atoms with Gasteiger partial charge in [0.1, 0.15) is 6.61 Å². The molecule has 5 heteroatoms. The zero-order chi connectivity index (χ0) is 15.2. The number of benzene rings is 1. The molecule has 0 saturated carbocycles. The molecule has 112 valence electrons. The van der Waals surface area contributed by atoms with Crippen molar-refractivity contribution < 1.29 is 4.84 Å². The Balaban J connectivity index is 1.74. The van der Waals surface area contributed by atoms with Crippen molar-refractivity contribution in [3.63, 3.8) is 0 Å². The van der Waals surface area contributed by atoms with Crippen LogP contribution in [0.3, 0.4) is 0 Å². The van der Waals surface area contributed by atoms with Crippen LogP contribution >= 0.6 is 11.3 Å². The van der Waals surface area contributed by atoms with Crippen LogP contribution < -0.4 is 5.06 Å². The van der Waals surface area contributed by atoms with Crippen LogP contribution in [0.2, 0.25) is 0 Å². The minimum absolute atomic E-state index is 0.458. The van der Waals surface area contributed by atoms with E-state index in [1.165, 1.54) is 0 Å². The van der Waals surface area contributed by atoms with Gasteiger partial charge in [0.2, 0.25) is 0 Å². The highest BCUT2D eigenvalue weighted by molar-refractivity contribution is 7.09. The van der Waals surface area contributed by atoms with Crippen molar-refractivity contribution in [1.29, 1.82) is 0 Å². The van der Waals surface area contributed by atoms with Crippen molar-refractivity contribution in [2.24, 2.45) is 0 Å². The molecule has 0 spiro atoms. The van der Waals surface area contributed by atoms with Crippen LogP contribution in [0.15, 0.2) is 60.2 Å². The SMILES string of the molecule is Cc1nc(CON(Cc2cccnc2)c2ccccc2)cs1. The second kappa shape index (κ2) is 7.15. The molecule has 0 unspecified atom stereocenters. The number of rotatable bonds is 6. The smallest absolute Gasteiger partial charge is 0.118 e. The number of aromatic nitrogens is 2. The van der Waals surface area contributed by atoms with Crippen LogP contribution in [-0.2, 0) is 18.0 Å². The Morgan fingerprint density at radius 1 is 1.14 bits per heavy atom. The third-order valence-corrected chi connectivity index (χ3v) is 3.95. The first-order valence-corrected chi connectivity index (χ1v) is 7.94. The van der Waals surface area contributed by atoms with Crippen LogP contribution in [0.1, 0.15) is 16.3 Å². The van der Waals surface area contributed by atoms with E-state index in [1.54, 1.807) is 17.5 Å². The fraction of sp³-hybridized carbons (Fsp3) is 0.176. The summed E-state index contributed by atoms with van der Waals surface area (Å²) < 4.78 is 0. The van der Waals surface area contributed by atoms with Crippen LogP contribution in [-0.4, -0.2) is 9.97 Å². The third kappa shape index (κ3) is 3.90. The van der Waals surface area contributed by atoms with Gasteiger partial charge in [-0.1, -0.05) is 24.3 Å². The topological polar surface area (TPSA) is 38.2 Å². The lowest BCUT2D eigenvalue weighted by atomic mass is 10.2. The molecule has 0 bridgehead atoms. The van der Waals surface area contributed by atoms with E-state index >= 15 is 0 Å². The molecule has 3 rings (SSSR count). The molecule has 2 heterocycles. The summed E-state index contributed by atoms with van der Waals surface area (Å²) in [7, 11) is 0. The van der Waals surface area contributed by atoms with Gasteiger partial charge in [-0.15, -0.1) is 11.3 Å². The Morgan fingerprint density at radius 3 is 2.68 bits per heavy atom. The number of para-hydroxylation sites is 1. The zero-order valence-corrected chi connectivity index (χ0v) is 13.2. The van der Waals surface area contributed by atoms with E-state index in [9.17, 15) is 0 Å². The Kier molecular flexibility index (Phi) is 4.78. The molecule has 1 aromatic carbocycles. The van der Waals surface area contributed by atoms with Gasteiger partial charge in [0.05, 0.1) is 22.9 Å². The molecule has 0 N–H and O–H groups in total. The monoisotopic (exact) mass is 311 g/mol. The van der Waals surface area contributed by atoms with Gasteiger partial charge >= 0.3 is 0 Å². The highest BCUT2D eigenvalue weighted by Crippen LogP contribution is 2.19. The predicted octanol–water partition coefficient (Wildman–Crippen LogP) is 3.98. The van der Waals surface area contributed by atoms with Gasteiger partial charge in [-0.3, -0.25) is 9.82 Å². The second-order valence-corrected chi connectivity index (χ2v) is 5.93. The van der Waals surface area contributed by atoms with Crippen LogP contribution in [0.25, 0.3) is 0 Å². The van der Waals surface area contributed by atoms with Gasteiger partial charge in [-0.2, -0.15) is 0 Å². The molecular weight excluding hydrogens is 294 g/mol. The molecule has 0 atom stereocenters. The number of hydrogen-bond donors (Lipinski definition) is 0. The molecule has 0 aliphatic rings. The van der Waals surface area contributed by atoms with Crippen LogP contribution in [0.4, 0.5) is 5.69 Å². The molecule has 0 fully saturated rings. The normalized spacial score (nSPS) is 10.6. The summed E-state index contributed by atoms with van der Waals surface area (Å²) >= 11 is 1.64. The average Bonchev–Trinajstić information content (AvgIpc) is 2.99. The first kappa shape index (κ1) is 14.7. The lowest BCUT2D eigenvalue weighted by Gasteiger charge is -2.23. The number of aryl methyl sites for hydroxylation is 1. The van der Waals surface area contributed by atoms with E-state index in [1.807, 2.05) is 66.0 Å². The summed E-state index contributed by atoms with van der Waals surface area (Å²) in [6.45, 7) is 3.10. The lowest BCUT2D eigenvalue weighted by Crippen LogP contribution is -2.23. The van der Waals surface area contributed by atoms with Crippen molar-refractivity contribution in [2.75, 3.05) is 5.06 Å². The fourth-order valence-corrected chi connectivity index (χ4v) is 2.68. The Labute approximate surface area is 134 Å². The van der Waals surface area contributed by atoms with Crippen molar-refractivity contribution in [1.82, 2.24) is 9.97 Å². The second-order valence-electron chi connectivity index (χ2n) is 4.86. The summed E-state index contributed by atoms with van der Waals surface area (Å²) in [6.07, 6.45) is 3.63. The largest absolute Gasteiger partial charge is 0.267 e. The molecule has 4 nitrogen and oxygen atoms in total. The molecule has 0 radical (unpaired) electrons. The Bertz CT molecular complexity index is 700. The van der Waals surface area contributed by atoms with Crippen molar-refractivity contribution in [2.45, 2.75) is 20.1 Å². The van der Waals surface area contributed by atoms with Gasteiger partial charge in [0, 0.05) is 17.8 Å². The van der Waals surface area contributed by atoms with E-state index in [-0.39, 0.29) is 0 Å². The molecular formula is C17H17N3OS. The van der Waals surface area contributed by atoms with Gasteiger partial charge in [-0.25, -0.2) is 10.0 Å². The van der Waals surface area contributed by atoms with E-state index in [0.29, 0.717) is 13.2 Å². The molecule has 0 amide bonds. The first-order valence-electron chi connectivity index (χ1n) is 7.07. The average molecular weight is 311 g/mol. The number of thiazole rings is 1. The van der Waals surface area contributed by atoms with Crippen molar-refractivity contribution in [3.05, 3.63) is 76.5 Å². The lowest BCUT2D eigenvalue weighted by molar-refractivity contribution is 0.0888. The van der Waals surface area contributed by atoms with Crippen LogP contribution in [0, 0.1) is 6.92 Å². The minimum Gasteiger partial charge on any atom is -0.267 e. The number of hydroxylamine groups is 1. The maximum Gasteiger partial charge on any atom is 0.118 e. The minimum atomic E-state index is 0.458. The molecule has 22 heavy (non-hydrogen) atoms. The number of hydrogen-bond acceptors (Lipinski definition) is 5. The number of anilines is 1. The van der Waals surface area contributed by atoms with E-state index in [2.05, 4.69) is 9.97 Å². The molecule has 0 saturated heterocycles. The molecule has 3 aromatic rings. The third-order valence-electron chi connectivity index (χ3n) is 3.13. The summed E-state index contributed by atoms with van der Waals surface area (Å²) in [4.78, 5) is 14.6. The Morgan fingerprint density at radius 2 is 2.00 bits per heavy atom.